The van der Waals surface area contributed by atoms with E-state index >= 15 is 0 Å². The maximum absolute atomic E-state index is 7.46. The largest absolute Gasteiger partial charge is 0.455 e. The van der Waals surface area contributed by atoms with E-state index in [1.54, 1.807) is 22.3 Å². The number of fused-ring (bicyclic) bond motifs is 29. The molecular weight excluding hydrogens is 1810 g/mol. The number of hydrogen-bond donors (Lipinski definition) is 0. The fourth-order valence-corrected chi connectivity index (χ4v) is 29.9. The highest BCUT2D eigenvalue weighted by molar-refractivity contribution is 6.20. The monoisotopic (exact) mass is 1950 g/mol. The zero-order valence-electron chi connectivity index (χ0n) is 90.8. The summed E-state index contributed by atoms with van der Waals surface area (Å²) in [6, 6.07) is 127. The predicted molar refractivity (Wildman–Crippen MR) is 637 cm³/mol. The average Bonchev–Trinajstić information content (AvgIpc) is 1.53. The van der Waals surface area contributed by atoms with E-state index in [9.17, 15) is 0 Å². The molecule has 0 spiro atoms. The first-order valence-electron chi connectivity index (χ1n) is 57.5. The van der Waals surface area contributed by atoms with Gasteiger partial charge in [0.1, 0.15) is 22.3 Å². The Hall–Kier alpha value is -13.9. The second-order valence-corrected chi connectivity index (χ2v) is 48.5. The second kappa shape index (κ2) is 36.8. The standard InChI is InChI=1S/C147H143NO2/c1-15-19-23-27-44-76-146(77-45-28-24-20-16-2)118-55-39-34-51-102(118)108-70-62-95(82-128(108)146)93-60-68-104-106-72-64-97(84-122(106)141(5,6)120(104)80-93)114-88-130-137(139-135(114)112-53-37-42-58-133(112)149-139)111-75-67-100(87-125(111)144(130,11)12)148(132-57-41-36-50-101(132)92-48-32-31-33-49-92)99-66-74-110-116-90-127-117(91-126(116)143(9,10)124(110)86-99)138-131(145(127,13)14)89-115(136-113-54-38-43-59-134(113)150-140(136)138)98-65-73-107-105-69-61-94(81-121(105)142(7,8)123(107)85-98)96-63-71-109-103-52-35-40-56-119(103)147(129(109)83-96,78-46-29-25-21-17-3)79-47-30-26-22-18-4/h31-43,48-75,80-91H,15-30,44-47,76-79H2,1-14H3. The van der Waals surface area contributed by atoms with E-state index in [1.165, 1.54) is 354 Å². The minimum absolute atomic E-state index is 0.0159. The third-order valence-electron chi connectivity index (χ3n) is 38.1. The van der Waals surface area contributed by atoms with Crippen LogP contribution in [0.3, 0.4) is 0 Å². The molecule has 7 aliphatic carbocycles. The molecule has 0 fully saturated rings. The molecule has 2 aromatic heterocycles. The Morgan fingerprint density at radius 2 is 0.480 bits per heavy atom. The number of hydrogen-bond acceptors (Lipinski definition) is 3. The smallest absolute Gasteiger partial charge is 0.144 e. The molecule has 0 amide bonds. The molecule has 7 aliphatic rings. The van der Waals surface area contributed by atoms with Gasteiger partial charge in [-0.15, -0.1) is 0 Å². The normalized spacial score (nSPS) is 15.6. The van der Waals surface area contributed by atoms with Gasteiger partial charge in [0.2, 0.25) is 0 Å². The summed E-state index contributed by atoms with van der Waals surface area (Å²) in [6.45, 7) is 34.0. The van der Waals surface area contributed by atoms with Crippen molar-refractivity contribution in [3.8, 4) is 134 Å². The maximum atomic E-state index is 7.46. The Morgan fingerprint density at radius 3 is 0.913 bits per heavy atom. The van der Waals surface area contributed by atoms with Gasteiger partial charge in [0.15, 0.2) is 0 Å². The third-order valence-corrected chi connectivity index (χ3v) is 38.1. The van der Waals surface area contributed by atoms with Crippen LogP contribution in [-0.4, -0.2) is 0 Å². The van der Waals surface area contributed by atoms with Gasteiger partial charge in [-0.05, 0) is 324 Å². The van der Waals surface area contributed by atoms with Gasteiger partial charge in [-0.1, -0.05) is 444 Å². The van der Waals surface area contributed by atoms with Gasteiger partial charge in [0.05, 0.1) is 5.69 Å². The average molecular weight is 1960 g/mol. The Balaban J connectivity index is 0.531. The van der Waals surface area contributed by atoms with Crippen molar-refractivity contribution in [1.29, 1.82) is 0 Å². The number of anilines is 3. The molecule has 0 atom stereocenters. The van der Waals surface area contributed by atoms with Gasteiger partial charge >= 0.3 is 0 Å². The van der Waals surface area contributed by atoms with E-state index in [0.717, 1.165) is 50.2 Å². The van der Waals surface area contributed by atoms with Crippen LogP contribution in [0, 0.1) is 0 Å². The lowest BCUT2D eigenvalue weighted by atomic mass is 9.70. The maximum Gasteiger partial charge on any atom is 0.144 e. The Bertz CT molecular complexity index is 8650. The second-order valence-electron chi connectivity index (χ2n) is 48.5. The van der Waals surface area contributed by atoms with Gasteiger partial charge in [-0.3, -0.25) is 0 Å². The first-order valence-corrected chi connectivity index (χ1v) is 57.5. The number of benzene rings is 17. The quantitative estimate of drug-likeness (QED) is 0.0394. The molecule has 0 saturated carbocycles. The minimum atomic E-state index is -0.449. The van der Waals surface area contributed by atoms with Crippen LogP contribution in [0.15, 0.2) is 330 Å². The van der Waals surface area contributed by atoms with Crippen molar-refractivity contribution in [3.05, 3.63) is 399 Å². The number of furan rings is 2. The predicted octanol–water partition coefficient (Wildman–Crippen LogP) is 42.8. The lowest BCUT2D eigenvalue weighted by Gasteiger charge is -2.33. The van der Waals surface area contributed by atoms with Gasteiger partial charge in [0, 0.05) is 87.5 Å². The summed E-state index contributed by atoms with van der Waals surface area (Å²) in [7, 11) is 0. The minimum Gasteiger partial charge on any atom is -0.455 e. The number of rotatable bonds is 32. The van der Waals surface area contributed by atoms with Crippen LogP contribution >= 0.6 is 0 Å². The number of nitrogens with zero attached hydrogens (tertiary/aromatic N) is 1. The third kappa shape index (κ3) is 14.8. The molecule has 0 N–H and O–H groups in total. The van der Waals surface area contributed by atoms with Gasteiger partial charge < -0.3 is 13.7 Å². The number of para-hydroxylation sites is 3. The van der Waals surface area contributed by atoms with Crippen molar-refractivity contribution in [1.82, 2.24) is 0 Å². The molecule has 150 heavy (non-hydrogen) atoms. The lowest BCUT2D eigenvalue weighted by Crippen LogP contribution is -2.25. The van der Waals surface area contributed by atoms with Crippen LogP contribution in [-0.2, 0) is 37.9 Å². The molecule has 26 rings (SSSR count). The van der Waals surface area contributed by atoms with Gasteiger partial charge in [-0.25, -0.2) is 0 Å². The lowest BCUT2D eigenvalue weighted by molar-refractivity contribution is 0.399. The fourth-order valence-electron chi connectivity index (χ4n) is 29.9. The van der Waals surface area contributed by atoms with Crippen molar-refractivity contribution in [3.63, 3.8) is 0 Å². The van der Waals surface area contributed by atoms with E-state index in [1.807, 2.05) is 0 Å². The summed E-state index contributed by atoms with van der Waals surface area (Å²) in [5.74, 6) is 0. The summed E-state index contributed by atoms with van der Waals surface area (Å²) in [5.41, 5.74) is 56.0. The summed E-state index contributed by atoms with van der Waals surface area (Å²) < 4.78 is 14.9. The first kappa shape index (κ1) is 95.8. The summed E-state index contributed by atoms with van der Waals surface area (Å²) in [5, 5.41) is 4.63. The highest BCUT2D eigenvalue weighted by Crippen LogP contribution is 2.66. The van der Waals surface area contributed by atoms with Crippen molar-refractivity contribution in [2.45, 2.75) is 289 Å². The van der Waals surface area contributed by atoms with Crippen molar-refractivity contribution < 1.29 is 8.83 Å². The Kier molecular flexibility index (Phi) is 23.5. The van der Waals surface area contributed by atoms with E-state index in [0.29, 0.717) is 0 Å². The number of unbranched alkanes of at least 4 members (excludes halogenated alkanes) is 16. The zero-order valence-corrected chi connectivity index (χ0v) is 90.8. The molecule has 0 aliphatic heterocycles. The molecule has 748 valence electrons. The molecule has 0 radical (unpaired) electrons. The van der Waals surface area contributed by atoms with Crippen molar-refractivity contribution in [2.75, 3.05) is 4.90 Å². The molecule has 0 saturated heterocycles. The SMILES string of the molecule is CCCCCCCC1(CCCCCCC)c2ccccc2-c2ccc(-c3ccc4c(c3)C(C)(C)c3cc(-c5cc6c(c7oc8ccccc8c57)-c5ccc(N(c7ccc8c(c7)C(C)(C)c7cc9c(cc7-8)C(C)(C)c7cc(-c8ccc%10c(c8)C(C)(C)c8cc(-c%11ccc%12c(c%11)C(CCCCCCC)(CCCCCCC)c%11ccccc%11-%12)ccc8-%10)c8c(oc%10ccccc%108)c7-9)c7ccccc7-c7ccccc7)cc5C6(C)C)ccc3-4)cc21. The molecule has 2 heterocycles. The van der Waals surface area contributed by atoms with Crippen LogP contribution in [0.4, 0.5) is 17.1 Å². The summed E-state index contributed by atoms with van der Waals surface area (Å²) in [6.07, 6.45) is 30.7. The van der Waals surface area contributed by atoms with E-state index in [-0.39, 0.29) is 27.1 Å². The molecule has 3 nitrogen and oxygen atoms in total. The Labute approximate surface area is 890 Å². The molecule has 0 unspecified atom stereocenters. The van der Waals surface area contributed by atoms with Crippen LogP contribution in [0.5, 0.6) is 0 Å². The summed E-state index contributed by atoms with van der Waals surface area (Å²) in [4.78, 5) is 2.57. The van der Waals surface area contributed by atoms with Crippen LogP contribution in [0.25, 0.3) is 177 Å². The molecule has 3 heteroatoms. The van der Waals surface area contributed by atoms with Crippen molar-refractivity contribution in [2.24, 2.45) is 0 Å². The Morgan fingerprint density at radius 1 is 0.193 bits per heavy atom. The van der Waals surface area contributed by atoms with Crippen molar-refractivity contribution >= 4 is 60.9 Å². The molecule has 19 aromatic rings. The highest BCUT2D eigenvalue weighted by Gasteiger charge is 2.50. The molecular formula is C147H143NO2. The molecule has 17 aromatic carbocycles. The van der Waals surface area contributed by atoms with E-state index in [2.05, 4.69) is 423 Å². The summed E-state index contributed by atoms with van der Waals surface area (Å²) >= 11 is 0. The van der Waals surface area contributed by atoms with Crippen LogP contribution in [0.1, 0.15) is 329 Å². The zero-order chi connectivity index (χ0) is 102. The van der Waals surface area contributed by atoms with E-state index < -0.39 is 10.8 Å². The highest BCUT2D eigenvalue weighted by atomic mass is 16.3. The fraction of sp³-hybridized carbons (Fsp3) is 0.306. The van der Waals surface area contributed by atoms with Crippen LogP contribution < -0.4 is 4.90 Å². The van der Waals surface area contributed by atoms with E-state index in [4.69, 9.17) is 8.83 Å². The topological polar surface area (TPSA) is 29.5 Å². The van der Waals surface area contributed by atoms with Crippen LogP contribution in [0.2, 0.25) is 0 Å². The first-order chi connectivity index (χ1) is 73.0. The van der Waals surface area contributed by atoms with Gasteiger partial charge in [0.25, 0.3) is 0 Å². The molecule has 0 bridgehead atoms. The van der Waals surface area contributed by atoms with Gasteiger partial charge in [-0.2, -0.15) is 0 Å².